The van der Waals surface area contributed by atoms with Gasteiger partial charge in [-0.25, -0.2) is 0 Å². The average molecular weight is 422 g/mol. The quantitative estimate of drug-likeness (QED) is 0.319. The zero-order valence-electron chi connectivity index (χ0n) is 17.4. The number of rotatable bonds is 0. The standard InChI is InChI=1S/C28H22O4/c29-20-8-11-22-18(13-20)4-1-16-2-9-21(10-3-16)32-26-15-23-19(14-25(26)31)6-5-17-7-12-24(30)28(22)27(17)23/h2-3,7-15,29-31H,1,4-6H2. The smallest absolute Gasteiger partial charge is 0.169 e. The molecule has 0 amide bonds. The summed E-state index contributed by atoms with van der Waals surface area (Å²) in [6.45, 7) is 0. The van der Waals surface area contributed by atoms with Gasteiger partial charge in [-0.1, -0.05) is 24.3 Å². The van der Waals surface area contributed by atoms with Crippen molar-refractivity contribution in [2.45, 2.75) is 25.7 Å². The fourth-order valence-corrected chi connectivity index (χ4v) is 4.99. The van der Waals surface area contributed by atoms with Crippen molar-refractivity contribution in [3.63, 3.8) is 0 Å². The van der Waals surface area contributed by atoms with E-state index in [0.29, 0.717) is 11.5 Å². The summed E-state index contributed by atoms with van der Waals surface area (Å²) in [7, 11) is 0. The van der Waals surface area contributed by atoms with Gasteiger partial charge in [0, 0.05) is 5.56 Å². The highest BCUT2D eigenvalue weighted by Crippen LogP contribution is 2.49. The summed E-state index contributed by atoms with van der Waals surface area (Å²) < 4.78 is 6.05. The monoisotopic (exact) mass is 422 g/mol. The molecular formula is C28H22O4. The maximum Gasteiger partial charge on any atom is 0.169 e. The Labute approximate surface area is 186 Å². The van der Waals surface area contributed by atoms with Crippen LogP contribution in [0, 0.1) is 0 Å². The molecule has 3 aliphatic rings. The van der Waals surface area contributed by atoms with E-state index in [1.54, 1.807) is 24.3 Å². The Bertz CT molecular complexity index is 1370. The Morgan fingerprint density at radius 2 is 1.31 bits per heavy atom. The van der Waals surface area contributed by atoms with Gasteiger partial charge in [0.05, 0.1) is 0 Å². The SMILES string of the molecule is Oc1ccc2c(c1)CCc1ccc(cc1)Oc1cc3c(cc1O)CCc1ccc(O)c-2c1-3. The number of aromatic hydroxyl groups is 3. The van der Waals surface area contributed by atoms with Crippen LogP contribution in [0.4, 0.5) is 0 Å². The third-order valence-electron chi connectivity index (χ3n) is 6.58. The van der Waals surface area contributed by atoms with Crippen molar-refractivity contribution in [1.82, 2.24) is 0 Å². The fourth-order valence-electron chi connectivity index (χ4n) is 4.99. The van der Waals surface area contributed by atoms with Crippen molar-refractivity contribution in [3.8, 4) is 51.0 Å². The first-order valence-corrected chi connectivity index (χ1v) is 10.9. The molecule has 3 N–H and O–H groups in total. The largest absolute Gasteiger partial charge is 0.508 e. The molecule has 4 heteroatoms. The highest BCUT2D eigenvalue weighted by molar-refractivity contribution is 5.93. The molecule has 7 rings (SSSR count). The van der Waals surface area contributed by atoms with Crippen molar-refractivity contribution in [2.24, 2.45) is 0 Å². The minimum Gasteiger partial charge on any atom is -0.508 e. The van der Waals surface area contributed by atoms with Crippen molar-refractivity contribution in [3.05, 3.63) is 89.0 Å². The molecule has 4 aromatic carbocycles. The van der Waals surface area contributed by atoms with E-state index in [9.17, 15) is 15.3 Å². The third kappa shape index (κ3) is 2.99. The lowest BCUT2D eigenvalue weighted by atomic mass is 9.79. The molecule has 4 aromatic rings. The van der Waals surface area contributed by atoms with Gasteiger partial charge in [0.25, 0.3) is 0 Å². The van der Waals surface area contributed by atoms with Crippen LogP contribution in [0.1, 0.15) is 22.3 Å². The first kappa shape index (κ1) is 18.8. The van der Waals surface area contributed by atoms with Crippen LogP contribution in [-0.4, -0.2) is 15.3 Å². The van der Waals surface area contributed by atoms with Crippen molar-refractivity contribution in [1.29, 1.82) is 0 Å². The van der Waals surface area contributed by atoms with Crippen LogP contribution in [0.15, 0.2) is 66.7 Å². The number of ether oxygens (including phenoxy) is 1. The average Bonchev–Trinajstić information content (AvgIpc) is 2.79. The van der Waals surface area contributed by atoms with E-state index >= 15 is 0 Å². The minimum absolute atomic E-state index is 0.107. The number of fused-ring (bicyclic) bond motifs is 3. The zero-order chi connectivity index (χ0) is 21.8. The summed E-state index contributed by atoms with van der Waals surface area (Å²) in [5.74, 6) is 1.57. The van der Waals surface area contributed by atoms with Gasteiger partial charge < -0.3 is 20.1 Å². The number of hydrogen-bond acceptors (Lipinski definition) is 4. The second-order valence-electron chi connectivity index (χ2n) is 8.56. The molecule has 0 atom stereocenters. The molecule has 0 aromatic heterocycles. The topological polar surface area (TPSA) is 69.9 Å². The molecule has 158 valence electrons. The molecule has 2 aliphatic heterocycles. The molecule has 0 saturated heterocycles. The Kier molecular flexibility index (Phi) is 4.15. The van der Waals surface area contributed by atoms with Crippen LogP contribution in [0.25, 0.3) is 22.3 Å². The van der Waals surface area contributed by atoms with Crippen LogP contribution in [0.5, 0.6) is 28.7 Å². The lowest BCUT2D eigenvalue weighted by Gasteiger charge is -2.26. The number of benzene rings is 4. The van der Waals surface area contributed by atoms with Crippen LogP contribution >= 0.6 is 0 Å². The van der Waals surface area contributed by atoms with Crippen LogP contribution in [-0.2, 0) is 25.7 Å². The van der Waals surface area contributed by atoms with Gasteiger partial charge in [-0.2, -0.15) is 0 Å². The molecule has 4 bridgehead atoms. The van der Waals surface area contributed by atoms with E-state index in [1.807, 2.05) is 42.5 Å². The summed E-state index contributed by atoms with van der Waals surface area (Å²) in [5.41, 5.74) is 7.90. The normalized spacial score (nSPS) is 13.8. The first-order valence-electron chi connectivity index (χ1n) is 10.9. The molecule has 32 heavy (non-hydrogen) atoms. The van der Waals surface area contributed by atoms with Gasteiger partial charge in [0.2, 0.25) is 0 Å². The number of phenolic OH excluding ortho intramolecular Hbond substituents is 3. The first-order chi connectivity index (χ1) is 15.6. The molecule has 2 heterocycles. The summed E-state index contributed by atoms with van der Waals surface area (Å²) in [5, 5.41) is 31.9. The van der Waals surface area contributed by atoms with Gasteiger partial charge in [-0.15, -0.1) is 0 Å². The highest BCUT2D eigenvalue weighted by atomic mass is 16.5. The van der Waals surface area contributed by atoms with Crippen LogP contribution in [0.2, 0.25) is 0 Å². The second kappa shape index (κ2) is 7.06. The minimum atomic E-state index is 0.107. The maximum absolute atomic E-state index is 11.0. The lowest BCUT2D eigenvalue weighted by molar-refractivity contribution is 0.410. The van der Waals surface area contributed by atoms with Crippen molar-refractivity contribution >= 4 is 0 Å². The van der Waals surface area contributed by atoms with Gasteiger partial charge in [-0.3, -0.25) is 0 Å². The Morgan fingerprint density at radius 1 is 0.562 bits per heavy atom. The van der Waals surface area contributed by atoms with E-state index in [2.05, 4.69) is 0 Å². The molecule has 4 nitrogen and oxygen atoms in total. The maximum atomic E-state index is 11.0. The predicted octanol–water partition coefficient (Wildman–Crippen LogP) is 6.13. The summed E-state index contributed by atoms with van der Waals surface area (Å²) in [4.78, 5) is 0. The van der Waals surface area contributed by atoms with E-state index in [1.165, 1.54) is 0 Å². The summed E-state index contributed by atoms with van der Waals surface area (Å²) in [6, 6.07) is 20.6. The Balaban J connectivity index is 1.70. The van der Waals surface area contributed by atoms with Gasteiger partial charge in [0.15, 0.2) is 11.5 Å². The van der Waals surface area contributed by atoms with E-state index in [0.717, 1.165) is 70.2 Å². The lowest BCUT2D eigenvalue weighted by Crippen LogP contribution is -2.07. The molecule has 0 saturated carbocycles. The molecule has 0 spiro atoms. The van der Waals surface area contributed by atoms with E-state index in [4.69, 9.17) is 4.74 Å². The van der Waals surface area contributed by atoms with Crippen molar-refractivity contribution < 1.29 is 20.1 Å². The number of hydrogen-bond donors (Lipinski definition) is 3. The summed E-state index contributed by atoms with van der Waals surface area (Å²) >= 11 is 0. The highest BCUT2D eigenvalue weighted by Gasteiger charge is 2.26. The van der Waals surface area contributed by atoms with Crippen LogP contribution < -0.4 is 4.74 Å². The Hall–Kier alpha value is -3.92. The Morgan fingerprint density at radius 3 is 2.16 bits per heavy atom. The van der Waals surface area contributed by atoms with Crippen molar-refractivity contribution in [2.75, 3.05) is 0 Å². The van der Waals surface area contributed by atoms with E-state index < -0.39 is 0 Å². The fraction of sp³-hybridized carbons (Fsp3) is 0.143. The molecular weight excluding hydrogens is 400 g/mol. The number of aryl methyl sites for hydroxylation is 4. The van der Waals surface area contributed by atoms with Gasteiger partial charge in [-0.05, 0) is 107 Å². The molecule has 0 unspecified atom stereocenters. The van der Waals surface area contributed by atoms with E-state index in [-0.39, 0.29) is 17.2 Å². The van der Waals surface area contributed by atoms with Gasteiger partial charge in [0.1, 0.15) is 17.2 Å². The number of phenols is 3. The third-order valence-corrected chi connectivity index (χ3v) is 6.58. The second-order valence-corrected chi connectivity index (χ2v) is 8.56. The predicted molar refractivity (Wildman–Crippen MR) is 124 cm³/mol. The van der Waals surface area contributed by atoms with Crippen LogP contribution in [0.3, 0.4) is 0 Å². The van der Waals surface area contributed by atoms with Gasteiger partial charge >= 0.3 is 0 Å². The molecule has 0 radical (unpaired) electrons. The molecule has 1 aliphatic carbocycles. The zero-order valence-corrected chi connectivity index (χ0v) is 17.4. The summed E-state index contributed by atoms with van der Waals surface area (Å²) in [6.07, 6.45) is 3.13. The molecule has 0 fully saturated rings.